The molecule has 1 fully saturated rings. The summed E-state index contributed by atoms with van der Waals surface area (Å²) in [5, 5.41) is 6.01. The van der Waals surface area contributed by atoms with Crippen LogP contribution in [0.1, 0.15) is 5.56 Å². The molecule has 1 saturated heterocycles. The van der Waals surface area contributed by atoms with E-state index in [0.717, 1.165) is 45.0 Å². The Kier molecular flexibility index (Phi) is 5.89. The van der Waals surface area contributed by atoms with Crippen molar-refractivity contribution in [3.63, 3.8) is 0 Å². The number of hydrogen-bond acceptors (Lipinski definition) is 6. The monoisotopic (exact) mass is 367 g/mol. The Morgan fingerprint density at radius 3 is 2.73 bits per heavy atom. The summed E-state index contributed by atoms with van der Waals surface area (Å²) >= 11 is 0. The molecule has 1 aliphatic rings. The minimum absolute atomic E-state index is 0.317. The van der Waals surface area contributed by atoms with Crippen LogP contribution in [0.3, 0.4) is 0 Å². The van der Waals surface area contributed by atoms with E-state index in [1.165, 1.54) is 6.07 Å². The van der Waals surface area contributed by atoms with E-state index in [4.69, 9.17) is 4.74 Å². The number of benzene rings is 1. The van der Waals surface area contributed by atoms with Crippen LogP contribution in [0.5, 0.6) is 0 Å². The van der Waals surface area contributed by atoms with Crippen LogP contribution in [0.15, 0.2) is 36.5 Å². The van der Waals surface area contributed by atoms with Crippen molar-refractivity contribution in [3.8, 4) is 0 Å². The predicted octanol–water partition coefficient (Wildman–Crippen LogP) is 2.98. The largest absolute Gasteiger partial charge is 0.416 e. The molecule has 9 heteroatoms. The SMILES string of the molecule is FC(F)(F)c1cccc(Nc2ccnc(NCCN3CCOCC3)n2)c1. The Labute approximate surface area is 149 Å². The van der Waals surface area contributed by atoms with Crippen LogP contribution in [0.25, 0.3) is 0 Å². The molecule has 6 nitrogen and oxygen atoms in total. The Balaban J connectivity index is 1.57. The summed E-state index contributed by atoms with van der Waals surface area (Å²) in [7, 11) is 0. The van der Waals surface area contributed by atoms with Crippen LogP contribution in [-0.2, 0) is 10.9 Å². The number of aromatic nitrogens is 2. The Morgan fingerprint density at radius 2 is 1.96 bits per heavy atom. The molecule has 0 atom stereocenters. The van der Waals surface area contributed by atoms with E-state index < -0.39 is 11.7 Å². The molecular weight excluding hydrogens is 347 g/mol. The molecule has 1 aromatic heterocycles. The molecule has 140 valence electrons. The molecule has 0 bridgehead atoms. The van der Waals surface area contributed by atoms with Gasteiger partial charge in [0.15, 0.2) is 0 Å². The van der Waals surface area contributed by atoms with E-state index in [0.29, 0.717) is 24.0 Å². The Bertz CT molecular complexity index is 720. The van der Waals surface area contributed by atoms with E-state index in [-0.39, 0.29) is 0 Å². The van der Waals surface area contributed by atoms with Gasteiger partial charge in [-0.3, -0.25) is 4.90 Å². The first kappa shape index (κ1) is 18.4. The number of morpholine rings is 1. The fourth-order valence-corrected chi connectivity index (χ4v) is 2.59. The van der Waals surface area contributed by atoms with Crippen molar-refractivity contribution in [2.75, 3.05) is 50.0 Å². The van der Waals surface area contributed by atoms with Gasteiger partial charge in [-0.2, -0.15) is 18.2 Å². The lowest BCUT2D eigenvalue weighted by Gasteiger charge is -2.26. The van der Waals surface area contributed by atoms with E-state index in [1.54, 1.807) is 18.3 Å². The summed E-state index contributed by atoms with van der Waals surface area (Å²) in [6.45, 7) is 4.81. The highest BCUT2D eigenvalue weighted by atomic mass is 19.4. The Hall–Kier alpha value is -2.39. The van der Waals surface area contributed by atoms with Crippen molar-refractivity contribution in [3.05, 3.63) is 42.1 Å². The van der Waals surface area contributed by atoms with E-state index in [1.807, 2.05) is 0 Å². The lowest BCUT2D eigenvalue weighted by Crippen LogP contribution is -2.39. The highest BCUT2D eigenvalue weighted by molar-refractivity contribution is 5.58. The van der Waals surface area contributed by atoms with Crippen LogP contribution in [-0.4, -0.2) is 54.3 Å². The maximum atomic E-state index is 12.8. The van der Waals surface area contributed by atoms with Gasteiger partial charge in [0.2, 0.25) is 5.95 Å². The summed E-state index contributed by atoms with van der Waals surface area (Å²) in [5.74, 6) is 0.850. The van der Waals surface area contributed by atoms with Crippen LogP contribution in [0.4, 0.5) is 30.6 Å². The molecule has 0 saturated carbocycles. The summed E-state index contributed by atoms with van der Waals surface area (Å²) < 4.78 is 43.7. The van der Waals surface area contributed by atoms with Gasteiger partial charge in [-0.25, -0.2) is 4.98 Å². The van der Waals surface area contributed by atoms with Crippen molar-refractivity contribution >= 4 is 17.5 Å². The zero-order valence-corrected chi connectivity index (χ0v) is 14.1. The molecule has 2 N–H and O–H groups in total. The molecule has 0 aliphatic carbocycles. The van der Waals surface area contributed by atoms with Gasteiger partial charge in [0, 0.05) is 38.1 Å². The number of hydrogen-bond donors (Lipinski definition) is 2. The quantitative estimate of drug-likeness (QED) is 0.819. The maximum Gasteiger partial charge on any atom is 0.416 e. The topological polar surface area (TPSA) is 62.3 Å². The van der Waals surface area contributed by atoms with E-state index in [2.05, 4.69) is 25.5 Å². The van der Waals surface area contributed by atoms with Gasteiger partial charge < -0.3 is 15.4 Å². The number of alkyl halides is 3. The number of nitrogens with zero attached hydrogens (tertiary/aromatic N) is 3. The van der Waals surface area contributed by atoms with Gasteiger partial charge in [0.1, 0.15) is 5.82 Å². The average molecular weight is 367 g/mol. The second kappa shape index (κ2) is 8.33. The molecule has 2 aromatic rings. The van der Waals surface area contributed by atoms with Crippen LogP contribution in [0.2, 0.25) is 0 Å². The molecule has 2 heterocycles. The zero-order valence-electron chi connectivity index (χ0n) is 14.1. The summed E-state index contributed by atoms with van der Waals surface area (Å²) in [6, 6.07) is 6.60. The van der Waals surface area contributed by atoms with Gasteiger partial charge >= 0.3 is 6.18 Å². The lowest BCUT2D eigenvalue weighted by atomic mass is 10.2. The van der Waals surface area contributed by atoms with Gasteiger partial charge in [-0.1, -0.05) is 6.07 Å². The molecule has 0 spiro atoms. The molecule has 0 radical (unpaired) electrons. The van der Waals surface area contributed by atoms with Gasteiger partial charge in [-0.15, -0.1) is 0 Å². The fraction of sp³-hybridized carbons (Fsp3) is 0.412. The third-order valence-electron chi connectivity index (χ3n) is 3.93. The summed E-state index contributed by atoms with van der Waals surface area (Å²) in [5.41, 5.74) is -0.391. The van der Waals surface area contributed by atoms with Crippen LogP contribution >= 0.6 is 0 Å². The molecule has 1 aliphatic heterocycles. The van der Waals surface area contributed by atoms with Gasteiger partial charge in [0.25, 0.3) is 0 Å². The van der Waals surface area contributed by atoms with E-state index >= 15 is 0 Å². The second-order valence-corrected chi connectivity index (χ2v) is 5.85. The van der Waals surface area contributed by atoms with Crippen molar-refractivity contribution < 1.29 is 17.9 Å². The van der Waals surface area contributed by atoms with Gasteiger partial charge in [-0.05, 0) is 24.3 Å². The van der Waals surface area contributed by atoms with Crippen molar-refractivity contribution in [1.29, 1.82) is 0 Å². The molecule has 0 unspecified atom stereocenters. The lowest BCUT2D eigenvalue weighted by molar-refractivity contribution is -0.137. The highest BCUT2D eigenvalue weighted by Crippen LogP contribution is 2.31. The van der Waals surface area contributed by atoms with Crippen LogP contribution in [0, 0.1) is 0 Å². The first-order chi connectivity index (χ1) is 12.5. The number of anilines is 3. The van der Waals surface area contributed by atoms with Crippen LogP contribution < -0.4 is 10.6 Å². The number of halogens is 3. The number of ether oxygens (including phenoxy) is 1. The van der Waals surface area contributed by atoms with Crippen molar-refractivity contribution in [1.82, 2.24) is 14.9 Å². The molecule has 3 rings (SSSR count). The van der Waals surface area contributed by atoms with E-state index in [9.17, 15) is 13.2 Å². The predicted molar refractivity (Wildman–Crippen MR) is 92.5 cm³/mol. The summed E-state index contributed by atoms with van der Waals surface area (Å²) in [6.07, 6.45) is -2.82. The average Bonchev–Trinajstić information content (AvgIpc) is 2.63. The molecule has 1 aromatic carbocycles. The highest BCUT2D eigenvalue weighted by Gasteiger charge is 2.30. The molecule has 0 amide bonds. The number of nitrogens with one attached hydrogen (secondary N) is 2. The fourth-order valence-electron chi connectivity index (χ4n) is 2.59. The summed E-state index contributed by atoms with van der Waals surface area (Å²) in [4.78, 5) is 10.7. The standard InChI is InChI=1S/C17H20F3N5O/c18-17(19,20)13-2-1-3-14(12-13)23-15-4-5-21-16(24-15)22-6-7-25-8-10-26-11-9-25/h1-5,12H,6-11H2,(H2,21,22,23,24). The normalized spacial score (nSPS) is 15.7. The third-order valence-corrected chi connectivity index (χ3v) is 3.93. The van der Waals surface area contributed by atoms with Gasteiger partial charge in [0.05, 0.1) is 18.8 Å². The second-order valence-electron chi connectivity index (χ2n) is 5.85. The molecule has 26 heavy (non-hydrogen) atoms. The van der Waals surface area contributed by atoms with Crippen molar-refractivity contribution in [2.45, 2.75) is 6.18 Å². The number of rotatable bonds is 6. The first-order valence-electron chi connectivity index (χ1n) is 8.32. The molecular formula is C17H20F3N5O. The maximum absolute atomic E-state index is 12.8. The first-order valence-corrected chi connectivity index (χ1v) is 8.32. The third kappa shape index (κ3) is 5.30. The smallest absolute Gasteiger partial charge is 0.379 e. The zero-order chi connectivity index (χ0) is 18.4. The minimum atomic E-state index is -4.38. The van der Waals surface area contributed by atoms with Crippen molar-refractivity contribution in [2.24, 2.45) is 0 Å². The Morgan fingerprint density at radius 1 is 1.15 bits per heavy atom. The minimum Gasteiger partial charge on any atom is -0.379 e.